The predicted octanol–water partition coefficient (Wildman–Crippen LogP) is 5.65. The van der Waals surface area contributed by atoms with Crippen molar-refractivity contribution in [3.05, 3.63) is 70.5 Å². The van der Waals surface area contributed by atoms with Crippen LogP contribution in [0.2, 0.25) is 5.02 Å². The van der Waals surface area contributed by atoms with Gasteiger partial charge < -0.3 is 15.5 Å². The highest BCUT2D eigenvalue weighted by molar-refractivity contribution is 6.31. The summed E-state index contributed by atoms with van der Waals surface area (Å²) in [5.41, 5.74) is 0.232. The van der Waals surface area contributed by atoms with Gasteiger partial charge in [-0.25, -0.2) is 9.18 Å². The lowest BCUT2D eigenvalue weighted by Crippen LogP contribution is -2.50. The second-order valence-electron chi connectivity index (χ2n) is 8.69. The number of hydrogen-bond acceptors (Lipinski definition) is 3. The van der Waals surface area contributed by atoms with Crippen molar-refractivity contribution in [1.29, 1.82) is 0 Å². The van der Waals surface area contributed by atoms with E-state index in [2.05, 4.69) is 15.5 Å². The highest BCUT2D eigenvalue weighted by atomic mass is 35.5. The molecule has 2 aromatic rings. The van der Waals surface area contributed by atoms with Crippen molar-refractivity contribution in [2.24, 2.45) is 0 Å². The molecule has 0 radical (unpaired) electrons. The second-order valence-corrected chi connectivity index (χ2v) is 9.10. The molecule has 1 saturated heterocycles. The van der Waals surface area contributed by atoms with Crippen LogP contribution in [0.1, 0.15) is 30.4 Å². The summed E-state index contributed by atoms with van der Waals surface area (Å²) in [4.78, 5) is 28.3. The fourth-order valence-corrected chi connectivity index (χ4v) is 3.99. The summed E-state index contributed by atoms with van der Waals surface area (Å²) in [7, 11) is 0. The second kappa shape index (κ2) is 13.4. The highest BCUT2D eigenvalue weighted by Crippen LogP contribution is 2.29. The average Bonchev–Trinajstić information content (AvgIpc) is 2.87. The molecule has 1 aliphatic rings. The Morgan fingerprint density at radius 2 is 1.68 bits per heavy atom. The Morgan fingerprint density at radius 1 is 0.973 bits per heavy atom. The van der Waals surface area contributed by atoms with Crippen LogP contribution in [0.25, 0.3) is 6.08 Å². The quantitative estimate of drug-likeness (QED) is 0.245. The molecule has 37 heavy (non-hydrogen) atoms. The van der Waals surface area contributed by atoms with Crippen LogP contribution in [0.15, 0.2) is 48.5 Å². The molecule has 1 aliphatic heterocycles. The number of carbonyl (C=O) groups excluding carboxylic acids is 2. The number of anilines is 1. The van der Waals surface area contributed by atoms with Gasteiger partial charge in [-0.2, -0.15) is 13.2 Å². The zero-order valence-electron chi connectivity index (χ0n) is 20.2. The normalized spacial score (nSPS) is 14.7. The van der Waals surface area contributed by atoms with Crippen molar-refractivity contribution in [3.8, 4) is 0 Å². The minimum absolute atomic E-state index is 0.0446. The van der Waals surface area contributed by atoms with Gasteiger partial charge in [0.05, 0.1) is 10.6 Å². The maximum Gasteiger partial charge on any atom is 0.416 e. The molecule has 3 amide bonds. The fourth-order valence-electron chi connectivity index (χ4n) is 3.81. The number of nitrogens with zero attached hydrogens (tertiary/aromatic N) is 2. The number of benzene rings is 2. The maximum absolute atomic E-state index is 13.3. The number of hydrogen-bond donors (Lipinski definition) is 2. The Kier molecular flexibility index (Phi) is 10.3. The summed E-state index contributed by atoms with van der Waals surface area (Å²) in [6.07, 6.45) is 1.09. The Bertz CT molecular complexity index is 1080. The summed E-state index contributed by atoms with van der Waals surface area (Å²) >= 11 is 5.75. The molecular weight excluding hydrogens is 512 g/mol. The third-order valence-electron chi connectivity index (χ3n) is 5.95. The van der Waals surface area contributed by atoms with Crippen LogP contribution in [0.3, 0.4) is 0 Å². The van der Waals surface area contributed by atoms with E-state index in [4.69, 9.17) is 11.6 Å². The first-order valence-electron chi connectivity index (χ1n) is 12.0. The number of rotatable bonds is 9. The van der Waals surface area contributed by atoms with Crippen LogP contribution >= 0.6 is 11.6 Å². The molecule has 1 fully saturated rings. The lowest BCUT2D eigenvalue weighted by atomic mass is 10.1. The Balaban J connectivity index is 1.25. The maximum atomic E-state index is 13.3. The van der Waals surface area contributed by atoms with Crippen LogP contribution in [0.5, 0.6) is 0 Å². The molecule has 1 heterocycles. The van der Waals surface area contributed by atoms with E-state index in [1.807, 2.05) is 0 Å². The van der Waals surface area contributed by atoms with E-state index >= 15 is 0 Å². The van der Waals surface area contributed by atoms with Crippen molar-refractivity contribution in [3.63, 3.8) is 0 Å². The van der Waals surface area contributed by atoms with Crippen molar-refractivity contribution in [1.82, 2.24) is 15.1 Å². The first-order valence-corrected chi connectivity index (χ1v) is 12.4. The van der Waals surface area contributed by atoms with Crippen LogP contribution in [-0.2, 0) is 11.0 Å². The van der Waals surface area contributed by atoms with Gasteiger partial charge in [0.25, 0.3) is 0 Å². The van der Waals surface area contributed by atoms with E-state index in [0.717, 1.165) is 51.0 Å². The summed E-state index contributed by atoms with van der Waals surface area (Å²) in [6, 6.07) is 8.41. The number of piperazine rings is 1. The molecule has 0 atom stereocenters. The lowest BCUT2D eigenvalue weighted by Gasteiger charge is -2.34. The average molecular weight is 541 g/mol. The van der Waals surface area contributed by atoms with Gasteiger partial charge in [-0.1, -0.05) is 30.2 Å². The van der Waals surface area contributed by atoms with Gasteiger partial charge in [0.1, 0.15) is 5.82 Å². The molecule has 200 valence electrons. The summed E-state index contributed by atoms with van der Waals surface area (Å²) in [5.74, 6) is -0.832. The number of halogens is 5. The number of amides is 3. The third-order valence-corrected chi connectivity index (χ3v) is 6.24. The largest absolute Gasteiger partial charge is 0.416 e. The van der Waals surface area contributed by atoms with Crippen LogP contribution in [0.4, 0.5) is 28.0 Å². The number of urea groups is 1. The number of alkyl halides is 3. The predicted molar refractivity (Wildman–Crippen MR) is 136 cm³/mol. The van der Waals surface area contributed by atoms with Gasteiger partial charge in [0.15, 0.2) is 0 Å². The number of carbonyl (C=O) groups is 2. The van der Waals surface area contributed by atoms with Crippen LogP contribution in [0, 0.1) is 5.82 Å². The van der Waals surface area contributed by atoms with Crippen molar-refractivity contribution >= 4 is 35.3 Å². The van der Waals surface area contributed by atoms with E-state index in [1.54, 1.807) is 4.90 Å². The van der Waals surface area contributed by atoms with Crippen LogP contribution in [-0.4, -0.2) is 61.0 Å². The van der Waals surface area contributed by atoms with Crippen molar-refractivity contribution < 1.29 is 27.2 Å². The van der Waals surface area contributed by atoms with Gasteiger partial charge in [-0.3, -0.25) is 9.69 Å². The molecular formula is C26H29ClF4N4O2. The standard InChI is InChI=1S/C26H29ClF4N4O2/c27-22-18-21(9-10-23(22)28)33-25(37)35-16-14-34(15-17-35)13-3-1-2-12-32-24(36)11-6-19-4-7-20(8-5-19)26(29,30)31/h4-11,18H,1-3,12-17H2,(H,32,36)(H,33,37)/b11-6+. The van der Waals surface area contributed by atoms with Gasteiger partial charge in [0.2, 0.25) is 5.91 Å². The monoisotopic (exact) mass is 540 g/mol. The molecule has 0 spiro atoms. The summed E-state index contributed by atoms with van der Waals surface area (Å²) in [5, 5.41) is 5.46. The summed E-state index contributed by atoms with van der Waals surface area (Å²) < 4.78 is 51.0. The minimum atomic E-state index is -4.38. The molecule has 0 bridgehead atoms. The van der Waals surface area contributed by atoms with E-state index in [1.165, 1.54) is 42.5 Å². The fraction of sp³-hybridized carbons (Fsp3) is 0.385. The lowest BCUT2D eigenvalue weighted by molar-refractivity contribution is -0.137. The minimum Gasteiger partial charge on any atom is -0.353 e. The van der Waals surface area contributed by atoms with Gasteiger partial charge in [0, 0.05) is 44.5 Å². The molecule has 3 rings (SSSR count). The smallest absolute Gasteiger partial charge is 0.353 e. The third kappa shape index (κ3) is 9.36. The Morgan fingerprint density at radius 3 is 2.32 bits per heavy atom. The van der Waals surface area contributed by atoms with E-state index in [9.17, 15) is 27.2 Å². The van der Waals surface area contributed by atoms with Gasteiger partial charge in [-0.15, -0.1) is 0 Å². The van der Waals surface area contributed by atoms with Gasteiger partial charge in [-0.05, 0) is 61.4 Å². The van der Waals surface area contributed by atoms with Crippen molar-refractivity contribution in [2.45, 2.75) is 25.4 Å². The van der Waals surface area contributed by atoms with E-state index in [-0.39, 0.29) is 17.0 Å². The first kappa shape index (κ1) is 28.5. The molecule has 2 N–H and O–H groups in total. The zero-order chi connectivity index (χ0) is 26.8. The highest BCUT2D eigenvalue weighted by Gasteiger charge is 2.29. The molecule has 0 aromatic heterocycles. The number of unbranched alkanes of at least 4 members (excludes halogenated alkanes) is 2. The van der Waals surface area contributed by atoms with E-state index in [0.29, 0.717) is 30.9 Å². The van der Waals surface area contributed by atoms with Gasteiger partial charge >= 0.3 is 12.2 Å². The molecule has 6 nitrogen and oxygen atoms in total. The first-order chi connectivity index (χ1) is 17.6. The molecule has 0 unspecified atom stereocenters. The van der Waals surface area contributed by atoms with Crippen molar-refractivity contribution in [2.75, 3.05) is 44.6 Å². The van der Waals surface area contributed by atoms with E-state index < -0.39 is 17.6 Å². The molecule has 0 aliphatic carbocycles. The molecule has 0 saturated carbocycles. The number of nitrogens with one attached hydrogen (secondary N) is 2. The zero-order valence-corrected chi connectivity index (χ0v) is 20.9. The van der Waals surface area contributed by atoms with Crippen LogP contribution < -0.4 is 10.6 Å². The topological polar surface area (TPSA) is 64.7 Å². The Labute approximate surface area is 218 Å². The summed E-state index contributed by atoms with van der Waals surface area (Å²) in [6.45, 7) is 4.08. The Hall–Kier alpha value is -3.11. The SMILES string of the molecule is O=C(/C=C/c1ccc(C(F)(F)F)cc1)NCCCCCN1CCN(C(=O)Nc2ccc(F)c(Cl)c2)CC1. The molecule has 2 aromatic carbocycles. The molecule has 11 heteroatoms.